The van der Waals surface area contributed by atoms with Crippen molar-refractivity contribution in [1.82, 2.24) is 0 Å². The predicted octanol–water partition coefficient (Wildman–Crippen LogP) is 8.60. The monoisotopic (exact) mass is 1020 g/mol. The molecule has 0 bridgehead atoms. The maximum absolute atomic E-state index is 13.0. The van der Waals surface area contributed by atoms with Crippen LogP contribution in [-0.4, -0.2) is 142 Å². The Morgan fingerprint density at radius 2 is 0.833 bits per heavy atom. The third-order valence-electron chi connectivity index (χ3n) is 12.7. The highest BCUT2D eigenvalue weighted by molar-refractivity contribution is 5.70. The van der Waals surface area contributed by atoms with Crippen molar-refractivity contribution >= 4 is 11.9 Å². The molecule has 2 aliphatic heterocycles. The number of allylic oxidation sites excluding steroid dienone is 12. The summed E-state index contributed by atoms with van der Waals surface area (Å²) in [6.45, 7) is 2.49. The van der Waals surface area contributed by atoms with E-state index in [1.807, 2.05) is 0 Å². The lowest BCUT2D eigenvalue weighted by molar-refractivity contribution is -0.332. The first-order valence-corrected chi connectivity index (χ1v) is 27.5. The third kappa shape index (κ3) is 30.3. The van der Waals surface area contributed by atoms with Crippen LogP contribution in [0.15, 0.2) is 72.9 Å². The summed E-state index contributed by atoms with van der Waals surface area (Å²) in [4.78, 5) is 25.8. The van der Waals surface area contributed by atoms with Gasteiger partial charge in [0.15, 0.2) is 18.7 Å². The fraction of sp³-hybridized carbons (Fsp3) is 0.754. The molecule has 0 amide bonds. The van der Waals surface area contributed by atoms with Crippen LogP contribution in [0.1, 0.15) is 181 Å². The number of aliphatic hydroxyl groups is 7. The van der Waals surface area contributed by atoms with E-state index >= 15 is 0 Å². The maximum atomic E-state index is 13.0. The number of hydrogen-bond donors (Lipinski definition) is 7. The van der Waals surface area contributed by atoms with Gasteiger partial charge in [-0.25, -0.2) is 0 Å². The predicted molar refractivity (Wildman–Crippen MR) is 279 cm³/mol. The zero-order valence-corrected chi connectivity index (χ0v) is 43.9. The van der Waals surface area contributed by atoms with Gasteiger partial charge in [-0.1, -0.05) is 151 Å². The van der Waals surface area contributed by atoms with Gasteiger partial charge in [0.1, 0.15) is 55.4 Å². The van der Waals surface area contributed by atoms with Gasteiger partial charge in [-0.15, -0.1) is 0 Å². The molecule has 0 aromatic heterocycles. The molecule has 0 spiro atoms. The van der Waals surface area contributed by atoms with Gasteiger partial charge in [0.05, 0.1) is 19.8 Å². The van der Waals surface area contributed by atoms with Gasteiger partial charge in [0.2, 0.25) is 0 Å². The molecule has 2 fully saturated rings. The number of carbonyl (C=O) groups is 2. The molecule has 4 unspecified atom stereocenters. The van der Waals surface area contributed by atoms with Crippen molar-refractivity contribution < 1.29 is 73.8 Å². The van der Waals surface area contributed by atoms with Crippen LogP contribution in [0.2, 0.25) is 0 Å². The molecule has 15 nitrogen and oxygen atoms in total. The first-order valence-electron chi connectivity index (χ1n) is 27.5. The van der Waals surface area contributed by atoms with Crippen LogP contribution in [-0.2, 0) is 38.0 Å². The number of ether oxygens (including phenoxy) is 6. The molecule has 2 heterocycles. The average molecular weight is 1020 g/mol. The van der Waals surface area contributed by atoms with E-state index in [0.29, 0.717) is 12.8 Å². The van der Waals surface area contributed by atoms with Crippen molar-refractivity contribution in [2.24, 2.45) is 0 Å². The molecule has 0 radical (unpaired) electrons. The Kier molecular flexibility index (Phi) is 39.0. The number of hydrogen-bond acceptors (Lipinski definition) is 15. The van der Waals surface area contributed by atoms with E-state index in [-0.39, 0.29) is 19.4 Å². The summed E-state index contributed by atoms with van der Waals surface area (Å²) in [5.74, 6) is -0.974. The number of esters is 2. The summed E-state index contributed by atoms with van der Waals surface area (Å²) in [5.41, 5.74) is 0. The van der Waals surface area contributed by atoms with Gasteiger partial charge in [-0.3, -0.25) is 9.59 Å². The highest BCUT2D eigenvalue weighted by Crippen LogP contribution is 2.26. The first kappa shape index (κ1) is 65.1. The van der Waals surface area contributed by atoms with E-state index in [1.54, 1.807) is 0 Å². The molecule has 414 valence electrons. The van der Waals surface area contributed by atoms with Crippen molar-refractivity contribution in [1.29, 1.82) is 0 Å². The zero-order chi connectivity index (χ0) is 52.4. The van der Waals surface area contributed by atoms with E-state index < -0.39 is 99.3 Å². The molecule has 0 saturated carbocycles. The van der Waals surface area contributed by atoms with Gasteiger partial charge in [-0.05, 0) is 89.9 Å². The largest absolute Gasteiger partial charge is 0.462 e. The molecule has 2 saturated heterocycles. The topological polar surface area (TPSA) is 231 Å². The van der Waals surface area contributed by atoms with Crippen LogP contribution in [0.25, 0.3) is 0 Å². The Balaban J connectivity index is 1.81. The van der Waals surface area contributed by atoms with Crippen molar-refractivity contribution in [3.63, 3.8) is 0 Å². The number of unbranched alkanes of at least 4 members (excludes halogenated alkanes) is 16. The van der Waals surface area contributed by atoms with Crippen molar-refractivity contribution in [2.45, 2.75) is 248 Å². The van der Waals surface area contributed by atoms with Crippen molar-refractivity contribution in [3.05, 3.63) is 72.9 Å². The van der Waals surface area contributed by atoms with Crippen LogP contribution in [0.4, 0.5) is 0 Å². The number of aliphatic hydroxyl groups excluding tert-OH is 7. The normalized spacial score (nSPS) is 25.6. The minimum absolute atomic E-state index is 0.145. The quantitative estimate of drug-likeness (QED) is 0.0172. The van der Waals surface area contributed by atoms with Crippen molar-refractivity contribution in [2.75, 3.05) is 26.4 Å². The summed E-state index contributed by atoms with van der Waals surface area (Å²) < 4.78 is 33.6. The lowest BCUT2D eigenvalue weighted by Gasteiger charge is -2.42. The second-order valence-corrected chi connectivity index (χ2v) is 19.0. The summed E-state index contributed by atoms with van der Waals surface area (Å²) in [7, 11) is 0. The highest BCUT2D eigenvalue weighted by Gasteiger charge is 2.47. The summed E-state index contributed by atoms with van der Waals surface area (Å²) in [6.07, 6.45) is 34.9. The number of carbonyl (C=O) groups excluding carboxylic acids is 2. The summed E-state index contributed by atoms with van der Waals surface area (Å²) >= 11 is 0. The van der Waals surface area contributed by atoms with Gasteiger partial charge in [0, 0.05) is 12.8 Å². The van der Waals surface area contributed by atoms with Gasteiger partial charge in [-0.2, -0.15) is 0 Å². The average Bonchev–Trinajstić information content (AvgIpc) is 3.37. The van der Waals surface area contributed by atoms with E-state index in [2.05, 4.69) is 86.8 Å². The Bertz CT molecular complexity index is 1530. The Morgan fingerprint density at radius 3 is 1.32 bits per heavy atom. The molecule has 0 aliphatic carbocycles. The van der Waals surface area contributed by atoms with Crippen LogP contribution in [0.3, 0.4) is 0 Å². The SMILES string of the molecule is CCCCC/C=C/C/C=C/C/C=C/C/C=C/CCCCCC(=O)OC[C@@H](CO[C@@H]1O[C@H](CO[C@@H]2O[C@H](CO)[C@H](O)C(O)C2O)[C@H](O)C(O)C1O)OC(=O)CCCCCCCCC/C=C/C/C=C/CCCCC. The van der Waals surface area contributed by atoms with Gasteiger partial charge >= 0.3 is 11.9 Å². The van der Waals surface area contributed by atoms with Gasteiger partial charge in [0.25, 0.3) is 0 Å². The fourth-order valence-corrected chi connectivity index (χ4v) is 8.11. The minimum Gasteiger partial charge on any atom is -0.462 e. The molecule has 72 heavy (non-hydrogen) atoms. The molecule has 0 aromatic rings. The standard InChI is InChI=1S/C57H96O15/c1-3-5-7-9-11-13-15-17-19-21-22-24-25-27-29-31-33-35-37-39-48(59)67-42-45(70-49(60)40-38-36-34-32-30-28-26-23-20-18-16-14-12-10-8-6-4-2)43-68-56-55(66)53(64)51(62)47(72-56)44-69-57-54(65)52(63)50(61)46(41-58)71-57/h11-14,17-20,22,24,27,29,45-47,50-58,61-66H,3-10,15-16,21,23,25-26,28,30-44H2,1-2H3/b13-11+,14-12+,19-17+,20-18+,24-22+,29-27+/t45-,46+,47+,50-,51-,52?,53?,54?,55?,56+,57+/m0/s1. The summed E-state index contributed by atoms with van der Waals surface area (Å²) in [6, 6.07) is 0. The van der Waals surface area contributed by atoms with E-state index in [0.717, 1.165) is 103 Å². The Morgan fingerprint density at radius 1 is 0.444 bits per heavy atom. The molecule has 2 aliphatic rings. The lowest BCUT2D eigenvalue weighted by atomic mass is 9.98. The highest BCUT2D eigenvalue weighted by atomic mass is 16.7. The molecular formula is C57H96O15. The Hall–Kier alpha value is -3.06. The van der Waals surface area contributed by atoms with Gasteiger partial charge < -0.3 is 64.2 Å². The summed E-state index contributed by atoms with van der Waals surface area (Å²) in [5, 5.41) is 72.2. The first-order chi connectivity index (χ1) is 35.0. The van der Waals surface area contributed by atoms with E-state index in [4.69, 9.17) is 28.4 Å². The fourth-order valence-electron chi connectivity index (χ4n) is 8.11. The van der Waals surface area contributed by atoms with E-state index in [9.17, 15) is 45.3 Å². The lowest BCUT2D eigenvalue weighted by Crippen LogP contribution is -2.61. The third-order valence-corrected chi connectivity index (χ3v) is 12.7. The molecule has 11 atom stereocenters. The van der Waals surface area contributed by atoms with Crippen molar-refractivity contribution in [3.8, 4) is 0 Å². The Labute approximate surface area is 432 Å². The van der Waals surface area contributed by atoms with Crippen LogP contribution in [0.5, 0.6) is 0 Å². The molecule has 7 N–H and O–H groups in total. The maximum Gasteiger partial charge on any atom is 0.306 e. The van der Waals surface area contributed by atoms with Crippen LogP contribution < -0.4 is 0 Å². The van der Waals surface area contributed by atoms with Crippen LogP contribution >= 0.6 is 0 Å². The number of rotatable bonds is 42. The molecule has 15 heteroatoms. The smallest absolute Gasteiger partial charge is 0.306 e. The minimum atomic E-state index is -1.78. The molecule has 2 rings (SSSR count). The molecule has 0 aromatic carbocycles. The zero-order valence-electron chi connectivity index (χ0n) is 43.9. The second kappa shape index (κ2) is 43.2. The second-order valence-electron chi connectivity index (χ2n) is 19.0. The van der Waals surface area contributed by atoms with Crippen LogP contribution in [0, 0.1) is 0 Å². The van der Waals surface area contributed by atoms with E-state index in [1.165, 1.54) is 38.5 Å². The molecular weight excluding hydrogens is 925 g/mol.